The van der Waals surface area contributed by atoms with Gasteiger partial charge in [0.05, 0.1) is 6.04 Å². The van der Waals surface area contributed by atoms with Crippen molar-refractivity contribution in [1.29, 1.82) is 0 Å². The van der Waals surface area contributed by atoms with E-state index < -0.39 is 0 Å². The SMILES string of the molecule is CCCC[C@H](NCCCc1ccccc1)C(=O)NCC1CC1. The fraction of sp³-hybridized carbons (Fsp3) is 0.632. The highest BCUT2D eigenvalue weighted by atomic mass is 16.2. The van der Waals surface area contributed by atoms with Crippen molar-refractivity contribution in [1.82, 2.24) is 10.6 Å². The van der Waals surface area contributed by atoms with Crippen molar-refractivity contribution in [2.24, 2.45) is 5.92 Å². The first-order chi connectivity index (χ1) is 10.8. The van der Waals surface area contributed by atoms with Crippen LogP contribution in [-0.4, -0.2) is 25.0 Å². The average Bonchev–Trinajstić information content (AvgIpc) is 3.37. The Morgan fingerprint density at radius 2 is 2.00 bits per heavy atom. The van der Waals surface area contributed by atoms with Crippen molar-refractivity contribution in [2.45, 2.75) is 57.9 Å². The van der Waals surface area contributed by atoms with E-state index in [9.17, 15) is 4.79 Å². The summed E-state index contributed by atoms with van der Waals surface area (Å²) in [7, 11) is 0. The van der Waals surface area contributed by atoms with E-state index in [1.807, 2.05) is 6.07 Å². The number of benzene rings is 1. The average molecular weight is 302 g/mol. The van der Waals surface area contributed by atoms with Gasteiger partial charge in [0.2, 0.25) is 5.91 Å². The van der Waals surface area contributed by atoms with E-state index in [0.717, 1.165) is 51.1 Å². The highest BCUT2D eigenvalue weighted by Crippen LogP contribution is 2.27. The molecule has 1 aromatic carbocycles. The Kier molecular flexibility index (Phi) is 7.44. The van der Waals surface area contributed by atoms with Crippen LogP contribution in [0, 0.1) is 5.92 Å². The predicted molar refractivity (Wildman–Crippen MR) is 91.8 cm³/mol. The second-order valence-corrected chi connectivity index (χ2v) is 6.43. The lowest BCUT2D eigenvalue weighted by Gasteiger charge is -2.18. The summed E-state index contributed by atoms with van der Waals surface area (Å²) < 4.78 is 0. The molecule has 1 saturated carbocycles. The number of carbonyl (C=O) groups is 1. The first-order valence-electron chi connectivity index (χ1n) is 8.84. The molecule has 1 amide bonds. The van der Waals surface area contributed by atoms with Gasteiger partial charge in [-0.3, -0.25) is 4.79 Å². The molecule has 0 radical (unpaired) electrons. The summed E-state index contributed by atoms with van der Waals surface area (Å²) in [5, 5.41) is 6.57. The van der Waals surface area contributed by atoms with Crippen LogP contribution in [0.3, 0.4) is 0 Å². The Morgan fingerprint density at radius 3 is 2.68 bits per heavy atom. The van der Waals surface area contributed by atoms with E-state index in [-0.39, 0.29) is 11.9 Å². The molecule has 1 aliphatic rings. The van der Waals surface area contributed by atoms with Crippen LogP contribution in [0.4, 0.5) is 0 Å². The second-order valence-electron chi connectivity index (χ2n) is 6.43. The lowest BCUT2D eigenvalue weighted by atomic mass is 10.1. The van der Waals surface area contributed by atoms with Crippen molar-refractivity contribution >= 4 is 5.91 Å². The van der Waals surface area contributed by atoms with E-state index in [1.165, 1.54) is 18.4 Å². The summed E-state index contributed by atoms with van der Waals surface area (Å²) >= 11 is 0. The van der Waals surface area contributed by atoms with Gasteiger partial charge in [0.25, 0.3) is 0 Å². The zero-order valence-corrected chi connectivity index (χ0v) is 13.8. The molecule has 0 aromatic heterocycles. The summed E-state index contributed by atoms with van der Waals surface area (Å²) in [6.45, 7) is 3.95. The topological polar surface area (TPSA) is 41.1 Å². The van der Waals surface area contributed by atoms with E-state index in [4.69, 9.17) is 0 Å². The van der Waals surface area contributed by atoms with Crippen molar-refractivity contribution < 1.29 is 4.79 Å². The molecule has 0 saturated heterocycles. The van der Waals surface area contributed by atoms with E-state index in [0.29, 0.717) is 0 Å². The zero-order valence-electron chi connectivity index (χ0n) is 13.8. The molecule has 0 aliphatic heterocycles. The number of hydrogen-bond acceptors (Lipinski definition) is 2. The quantitative estimate of drug-likeness (QED) is 0.616. The van der Waals surface area contributed by atoms with Gasteiger partial charge in [-0.15, -0.1) is 0 Å². The lowest BCUT2D eigenvalue weighted by Crippen LogP contribution is -2.45. The van der Waals surface area contributed by atoms with Gasteiger partial charge in [0, 0.05) is 6.54 Å². The largest absolute Gasteiger partial charge is 0.354 e. The first kappa shape index (κ1) is 17.0. The molecule has 0 unspecified atom stereocenters. The second kappa shape index (κ2) is 9.62. The highest BCUT2D eigenvalue weighted by molar-refractivity contribution is 5.81. The van der Waals surface area contributed by atoms with Crippen LogP contribution < -0.4 is 10.6 Å². The van der Waals surface area contributed by atoms with Gasteiger partial charge in [0.1, 0.15) is 0 Å². The number of hydrogen-bond donors (Lipinski definition) is 2. The fourth-order valence-electron chi connectivity index (χ4n) is 2.64. The van der Waals surface area contributed by atoms with Gasteiger partial charge < -0.3 is 10.6 Å². The van der Waals surface area contributed by atoms with Gasteiger partial charge in [-0.2, -0.15) is 0 Å². The van der Waals surface area contributed by atoms with Crippen LogP contribution in [0.25, 0.3) is 0 Å². The molecular formula is C19H30N2O. The van der Waals surface area contributed by atoms with Crippen molar-refractivity contribution in [3.05, 3.63) is 35.9 Å². The van der Waals surface area contributed by atoms with Crippen molar-refractivity contribution in [2.75, 3.05) is 13.1 Å². The molecule has 1 atom stereocenters. The minimum absolute atomic E-state index is 0.0190. The van der Waals surface area contributed by atoms with Crippen LogP contribution in [0.15, 0.2) is 30.3 Å². The predicted octanol–water partition coefficient (Wildman–Crippen LogP) is 3.29. The molecule has 122 valence electrons. The Balaban J connectivity index is 1.67. The Hall–Kier alpha value is -1.35. The smallest absolute Gasteiger partial charge is 0.237 e. The first-order valence-corrected chi connectivity index (χ1v) is 8.84. The van der Waals surface area contributed by atoms with Crippen molar-refractivity contribution in [3.8, 4) is 0 Å². The number of unbranched alkanes of at least 4 members (excludes halogenated alkanes) is 1. The third kappa shape index (κ3) is 6.61. The third-order valence-electron chi connectivity index (χ3n) is 4.30. The minimum Gasteiger partial charge on any atom is -0.354 e. The Labute approximate surface area is 134 Å². The number of aryl methyl sites for hydroxylation is 1. The van der Waals surface area contributed by atoms with Crippen LogP contribution in [0.5, 0.6) is 0 Å². The van der Waals surface area contributed by atoms with Gasteiger partial charge in [-0.25, -0.2) is 0 Å². The molecule has 1 aromatic rings. The molecule has 2 N–H and O–H groups in total. The molecule has 0 spiro atoms. The van der Waals surface area contributed by atoms with E-state index in [2.05, 4.69) is 41.8 Å². The van der Waals surface area contributed by atoms with E-state index >= 15 is 0 Å². The minimum atomic E-state index is -0.0190. The molecule has 3 heteroatoms. The van der Waals surface area contributed by atoms with Crippen LogP contribution in [0.2, 0.25) is 0 Å². The van der Waals surface area contributed by atoms with Gasteiger partial charge >= 0.3 is 0 Å². The maximum atomic E-state index is 12.3. The van der Waals surface area contributed by atoms with Crippen LogP contribution in [-0.2, 0) is 11.2 Å². The molecule has 22 heavy (non-hydrogen) atoms. The fourth-order valence-corrected chi connectivity index (χ4v) is 2.64. The Bertz CT molecular complexity index is 428. The molecule has 3 nitrogen and oxygen atoms in total. The Morgan fingerprint density at radius 1 is 1.23 bits per heavy atom. The molecule has 1 aliphatic carbocycles. The maximum absolute atomic E-state index is 12.3. The van der Waals surface area contributed by atoms with Crippen LogP contribution in [0.1, 0.15) is 51.0 Å². The summed E-state index contributed by atoms with van der Waals surface area (Å²) in [5.74, 6) is 0.939. The monoisotopic (exact) mass is 302 g/mol. The summed E-state index contributed by atoms with van der Waals surface area (Å²) in [5.41, 5.74) is 1.37. The molecule has 0 heterocycles. The van der Waals surface area contributed by atoms with Gasteiger partial charge in [0.15, 0.2) is 0 Å². The summed E-state index contributed by atoms with van der Waals surface area (Å²) in [6.07, 6.45) is 7.89. The standard InChI is InChI=1S/C19H30N2O/c1-2-3-11-18(19(22)21-15-17-12-13-17)20-14-7-10-16-8-5-4-6-9-16/h4-6,8-9,17-18,20H,2-3,7,10-15H2,1H3,(H,21,22)/t18-/m0/s1. The highest BCUT2D eigenvalue weighted by Gasteiger charge is 2.23. The third-order valence-corrected chi connectivity index (χ3v) is 4.30. The van der Waals surface area contributed by atoms with Crippen molar-refractivity contribution in [3.63, 3.8) is 0 Å². The summed E-state index contributed by atoms with van der Waals surface area (Å²) in [6, 6.07) is 10.5. The molecule has 2 rings (SSSR count). The van der Waals surface area contributed by atoms with Crippen LogP contribution >= 0.6 is 0 Å². The maximum Gasteiger partial charge on any atom is 0.237 e. The van der Waals surface area contributed by atoms with Gasteiger partial charge in [-0.1, -0.05) is 50.1 Å². The summed E-state index contributed by atoms with van der Waals surface area (Å²) in [4.78, 5) is 12.3. The number of nitrogens with one attached hydrogen (secondary N) is 2. The number of amides is 1. The number of carbonyl (C=O) groups excluding carboxylic acids is 1. The number of rotatable bonds is 11. The lowest BCUT2D eigenvalue weighted by molar-refractivity contribution is -0.123. The molecular weight excluding hydrogens is 272 g/mol. The molecule has 1 fully saturated rings. The van der Waals surface area contributed by atoms with E-state index in [1.54, 1.807) is 0 Å². The normalized spacial score (nSPS) is 15.5. The molecule has 0 bridgehead atoms. The zero-order chi connectivity index (χ0) is 15.6. The van der Waals surface area contributed by atoms with Gasteiger partial charge in [-0.05, 0) is 50.1 Å².